The fourth-order valence-corrected chi connectivity index (χ4v) is 4.31. The van der Waals surface area contributed by atoms with Gasteiger partial charge in [-0.1, -0.05) is 42.2 Å². The molecule has 0 aliphatic rings. The molecule has 0 radical (unpaired) electrons. The van der Waals surface area contributed by atoms with E-state index in [-0.39, 0.29) is 21.8 Å². The number of carbonyl (C=O) groups excluding carboxylic acids is 1. The van der Waals surface area contributed by atoms with Gasteiger partial charge in [0.05, 0.1) is 5.69 Å². The molecule has 1 heterocycles. The number of hydrogen-bond acceptors (Lipinski definition) is 6. The molecule has 0 spiro atoms. The van der Waals surface area contributed by atoms with Gasteiger partial charge in [0, 0.05) is 17.3 Å². The minimum atomic E-state index is -4.42. The molecule has 1 aromatic heterocycles. The number of anilines is 1. The maximum Gasteiger partial charge on any atom is 0.429 e. The summed E-state index contributed by atoms with van der Waals surface area (Å²) in [6.07, 6.45) is 0.236. The van der Waals surface area contributed by atoms with Crippen molar-refractivity contribution in [1.29, 1.82) is 0 Å². The highest BCUT2D eigenvalue weighted by Crippen LogP contribution is 2.27. The number of para-hydroxylation sites is 1. The summed E-state index contributed by atoms with van der Waals surface area (Å²) in [5.74, 6) is 4.40. The van der Waals surface area contributed by atoms with E-state index in [0.717, 1.165) is 0 Å². The molecule has 174 valence electrons. The number of pyridine rings is 1. The lowest BCUT2D eigenvalue weighted by atomic mass is 10.2. The van der Waals surface area contributed by atoms with Gasteiger partial charge in [-0.3, -0.25) is 0 Å². The molecule has 1 N–H and O–H groups in total. The molecule has 34 heavy (non-hydrogen) atoms. The van der Waals surface area contributed by atoms with Crippen LogP contribution in [-0.4, -0.2) is 36.2 Å². The van der Waals surface area contributed by atoms with E-state index in [0.29, 0.717) is 9.87 Å². The Morgan fingerprint density at radius 3 is 2.18 bits per heavy atom. The van der Waals surface area contributed by atoms with Crippen LogP contribution in [0.3, 0.4) is 0 Å². The van der Waals surface area contributed by atoms with Crippen LogP contribution < -0.4 is 4.31 Å². The Balaban J connectivity index is 2.07. The molecule has 9 heteroatoms. The standard InChI is InChI=1S/C25H22N2O6S/c1-25(2,3)33-24(30)27(20-10-5-4-6-11-20)34(31,32)22-12-8-7-9-19(22)15-13-18-14-16-21(23(28)29)26-17-18/h4-12,14,16-17H,1-3H3,(H,28,29). The summed E-state index contributed by atoms with van der Waals surface area (Å²) in [5.41, 5.74) is -0.399. The van der Waals surface area contributed by atoms with Crippen molar-refractivity contribution >= 4 is 27.8 Å². The number of carboxylic acid groups (broad SMARTS) is 1. The van der Waals surface area contributed by atoms with E-state index in [1.807, 2.05) is 0 Å². The van der Waals surface area contributed by atoms with Crippen molar-refractivity contribution in [3.63, 3.8) is 0 Å². The van der Waals surface area contributed by atoms with Gasteiger partial charge in [-0.25, -0.2) is 23.0 Å². The van der Waals surface area contributed by atoms with Crippen molar-refractivity contribution in [3.05, 3.63) is 89.7 Å². The smallest absolute Gasteiger partial charge is 0.429 e. The number of sulfonamides is 1. The number of aromatic nitrogens is 1. The number of benzene rings is 2. The largest absolute Gasteiger partial charge is 0.477 e. The van der Waals surface area contributed by atoms with Gasteiger partial charge in [0.25, 0.3) is 10.0 Å². The second-order valence-electron chi connectivity index (χ2n) is 8.07. The summed E-state index contributed by atoms with van der Waals surface area (Å²) in [4.78, 5) is 27.6. The Hall–Kier alpha value is -4.16. The minimum Gasteiger partial charge on any atom is -0.477 e. The average molecular weight is 479 g/mol. The molecule has 0 fully saturated rings. The van der Waals surface area contributed by atoms with E-state index < -0.39 is 27.7 Å². The Bertz CT molecular complexity index is 1370. The first-order valence-electron chi connectivity index (χ1n) is 10.1. The van der Waals surface area contributed by atoms with Crippen molar-refractivity contribution in [2.24, 2.45) is 0 Å². The van der Waals surface area contributed by atoms with E-state index in [4.69, 9.17) is 9.84 Å². The highest BCUT2D eigenvalue weighted by molar-refractivity contribution is 7.93. The van der Waals surface area contributed by atoms with Crippen LogP contribution in [0.15, 0.2) is 77.8 Å². The van der Waals surface area contributed by atoms with Crippen molar-refractivity contribution < 1.29 is 27.9 Å². The molecule has 3 rings (SSSR count). The van der Waals surface area contributed by atoms with Crippen LogP contribution >= 0.6 is 0 Å². The van der Waals surface area contributed by atoms with Gasteiger partial charge >= 0.3 is 12.1 Å². The second-order valence-corrected chi connectivity index (χ2v) is 9.82. The molecular formula is C25H22N2O6S. The minimum absolute atomic E-state index is 0.118. The molecule has 0 saturated heterocycles. The summed E-state index contributed by atoms with van der Waals surface area (Å²) in [7, 11) is -4.42. The number of rotatable bonds is 4. The Labute approximate surface area is 197 Å². The second kappa shape index (κ2) is 9.77. The van der Waals surface area contributed by atoms with Gasteiger partial charge in [0.15, 0.2) is 0 Å². The first-order chi connectivity index (χ1) is 16.0. The van der Waals surface area contributed by atoms with Gasteiger partial charge in [-0.2, -0.15) is 4.31 Å². The number of carboxylic acids is 1. The van der Waals surface area contributed by atoms with E-state index in [9.17, 15) is 18.0 Å². The summed E-state index contributed by atoms with van der Waals surface area (Å²) in [6, 6.07) is 16.7. The number of nitrogens with zero attached hydrogens (tertiary/aromatic N) is 2. The first kappa shape index (κ1) is 24.5. The third-order valence-corrected chi connectivity index (χ3v) is 6.03. The molecule has 1 amide bonds. The Kier molecular flexibility index (Phi) is 7.03. The molecule has 3 aromatic rings. The van der Waals surface area contributed by atoms with Crippen LogP contribution in [0, 0.1) is 11.8 Å². The fraction of sp³-hybridized carbons (Fsp3) is 0.160. The molecule has 0 saturated carbocycles. The molecule has 0 aliphatic heterocycles. The van der Waals surface area contributed by atoms with Gasteiger partial charge < -0.3 is 9.84 Å². The summed E-state index contributed by atoms with van der Waals surface area (Å²) in [5, 5.41) is 8.96. The van der Waals surface area contributed by atoms with Crippen LogP contribution in [-0.2, 0) is 14.8 Å². The summed E-state index contributed by atoms with van der Waals surface area (Å²) in [6.45, 7) is 4.93. The lowest BCUT2D eigenvalue weighted by Gasteiger charge is -2.27. The van der Waals surface area contributed by atoms with Gasteiger partial charge in [0.1, 0.15) is 16.2 Å². The van der Waals surface area contributed by atoms with Crippen LogP contribution in [0.2, 0.25) is 0 Å². The molecule has 0 bridgehead atoms. The number of amides is 1. The zero-order valence-corrected chi connectivity index (χ0v) is 19.5. The molecule has 2 aromatic carbocycles. The number of ether oxygens (including phenoxy) is 1. The van der Waals surface area contributed by atoms with E-state index >= 15 is 0 Å². The van der Waals surface area contributed by atoms with Gasteiger partial charge in [0.2, 0.25) is 0 Å². The summed E-state index contributed by atoms with van der Waals surface area (Å²) < 4.78 is 33.4. The van der Waals surface area contributed by atoms with Gasteiger partial charge in [-0.05, 0) is 57.2 Å². The van der Waals surface area contributed by atoms with Crippen molar-refractivity contribution in [2.45, 2.75) is 31.3 Å². The van der Waals surface area contributed by atoms with E-state index in [1.54, 1.807) is 45.0 Å². The van der Waals surface area contributed by atoms with E-state index in [2.05, 4.69) is 16.8 Å². The molecule has 8 nitrogen and oxygen atoms in total. The van der Waals surface area contributed by atoms with Crippen LogP contribution in [0.25, 0.3) is 0 Å². The zero-order valence-electron chi connectivity index (χ0n) is 18.7. The Morgan fingerprint density at radius 2 is 1.59 bits per heavy atom. The quantitative estimate of drug-likeness (QED) is 0.556. The average Bonchev–Trinajstić information content (AvgIpc) is 2.77. The number of carbonyl (C=O) groups is 2. The lowest BCUT2D eigenvalue weighted by Crippen LogP contribution is -2.41. The first-order valence-corrected chi connectivity index (χ1v) is 11.6. The highest BCUT2D eigenvalue weighted by Gasteiger charge is 2.35. The molecule has 0 atom stereocenters. The number of aromatic carboxylic acids is 1. The summed E-state index contributed by atoms with van der Waals surface area (Å²) >= 11 is 0. The predicted molar refractivity (Wildman–Crippen MR) is 126 cm³/mol. The molecule has 0 unspecified atom stereocenters. The van der Waals surface area contributed by atoms with Crippen LogP contribution in [0.4, 0.5) is 10.5 Å². The van der Waals surface area contributed by atoms with Crippen molar-refractivity contribution in [2.75, 3.05) is 4.31 Å². The molecular weight excluding hydrogens is 456 g/mol. The van der Waals surface area contributed by atoms with Crippen molar-refractivity contribution in [1.82, 2.24) is 4.98 Å². The maximum absolute atomic E-state index is 13.7. The third kappa shape index (κ3) is 5.79. The molecule has 0 aliphatic carbocycles. The van der Waals surface area contributed by atoms with E-state index in [1.165, 1.54) is 48.7 Å². The number of hydrogen-bond donors (Lipinski definition) is 1. The van der Waals surface area contributed by atoms with Gasteiger partial charge in [-0.15, -0.1) is 0 Å². The van der Waals surface area contributed by atoms with Crippen LogP contribution in [0.1, 0.15) is 42.4 Å². The topological polar surface area (TPSA) is 114 Å². The predicted octanol–water partition coefficient (Wildman–Crippen LogP) is 4.31. The van der Waals surface area contributed by atoms with Crippen LogP contribution in [0.5, 0.6) is 0 Å². The fourth-order valence-electron chi connectivity index (χ4n) is 2.84. The zero-order chi connectivity index (χ0) is 24.9. The SMILES string of the molecule is CC(C)(C)OC(=O)N(c1ccccc1)S(=O)(=O)c1ccccc1C#Cc1ccc(C(=O)O)nc1. The monoisotopic (exact) mass is 478 g/mol. The normalized spacial score (nSPS) is 11.1. The maximum atomic E-state index is 13.7. The lowest BCUT2D eigenvalue weighted by molar-refractivity contribution is 0.0607. The third-order valence-electron chi connectivity index (χ3n) is 4.28. The highest BCUT2D eigenvalue weighted by atomic mass is 32.2. The van der Waals surface area contributed by atoms with Crippen molar-refractivity contribution in [3.8, 4) is 11.8 Å². The Morgan fingerprint density at radius 1 is 0.941 bits per heavy atom.